The quantitative estimate of drug-likeness (QED) is 0.815. The smallest absolute Gasteiger partial charge is 0.250 e. The number of aliphatic imine (C=N–C) groups is 1. The number of sulfone groups is 1. The fourth-order valence-corrected chi connectivity index (χ4v) is 6.79. The summed E-state index contributed by atoms with van der Waals surface area (Å²) in [5.41, 5.74) is 0.853. The van der Waals surface area contributed by atoms with E-state index in [4.69, 9.17) is 0 Å². The Labute approximate surface area is 145 Å². The molecule has 0 aliphatic carbocycles. The number of rotatable bonds is 3. The summed E-state index contributed by atoms with van der Waals surface area (Å²) in [6.07, 6.45) is 0. The summed E-state index contributed by atoms with van der Waals surface area (Å²) in [6.45, 7) is 3.97. The van der Waals surface area contributed by atoms with Crippen LogP contribution in [0.4, 0.5) is 4.39 Å². The van der Waals surface area contributed by atoms with E-state index in [9.17, 15) is 17.6 Å². The molecule has 2 heterocycles. The average molecular weight is 370 g/mol. The minimum Gasteiger partial charge on any atom is -0.342 e. The van der Waals surface area contributed by atoms with Crippen molar-refractivity contribution < 1.29 is 17.6 Å². The minimum absolute atomic E-state index is 0.0702. The summed E-state index contributed by atoms with van der Waals surface area (Å²) in [5, 5.41) is 0.470. The van der Waals surface area contributed by atoms with Crippen molar-refractivity contribution in [1.29, 1.82) is 0 Å². The van der Waals surface area contributed by atoms with Crippen LogP contribution in [0.5, 0.6) is 0 Å². The van der Waals surface area contributed by atoms with E-state index in [1.807, 2.05) is 4.90 Å². The first-order valence-electron chi connectivity index (χ1n) is 7.76. The van der Waals surface area contributed by atoms with Crippen LogP contribution in [-0.2, 0) is 21.2 Å². The van der Waals surface area contributed by atoms with Gasteiger partial charge in [-0.1, -0.05) is 37.7 Å². The lowest BCUT2D eigenvalue weighted by Gasteiger charge is -2.24. The predicted molar refractivity (Wildman–Crippen MR) is 93.0 cm³/mol. The molecule has 2 aliphatic heterocycles. The number of amides is 1. The van der Waals surface area contributed by atoms with Crippen LogP contribution in [0.3, 0.4) is 0 Å². The van der Waals surface area contributed by atoms with Crippen molar-refractivity contribution in [2.45, 2.75) is 31.7 Å². The van der Waals surface area contributed by atoms with E-state index >= 15 is 0 Å². The van der Waals surface area contributed by atoms with Gasteiger partial charge in [0.25, 0.3) is 5.91 Å². The molecule has 2 aliphatic rings. The second-order valence-electron chi connectivity index (χ2n) is 6.44. The van der Waals surface area contributed by atoms with Crippen LogP contribution < -0.4 is 0 Å². The number of thioether (sulfide) groups is 1. The molecular formula is C16H19FN2O3S2. The fraction of sp³-hybridized carbons (Fsp3) is 0.500. The Morgan fingerprint density at radius 3 is 2.62 bits per heavy atom. The van der Waals surface area contributed by atoms with Gasteiger partial charge in [0.2, 0.25) is 0 Å². The fourth-order valence-electron chi connectivity index (χ4n) is 2.83. The van der Waals surface area contributed by atoms with Gasteiger partial charge in [-0.15, -0.1) is 0 Å². The normalized spacial score (nSPS) is 27.0. The van der Waals surface area contributed by atoms with Crippen molar-refractivity contribution in [3.63, 3.8) is 0 Å². The number of benzene rings is 1. The minimum atomic E-state index is -3.07. The van der Waals surface area contributed by atoms with Crippen molar-refractivity contribution >= 4 is 32.7 Å². The van der Waals surface area contributed by atoms with E-state index in [0.29, 0.717) is 11.7 Å². The molecule has 0 N–H and O–H groups in total. The summed E-state index contributed by atoms with van der Waals surface area (Å²) < 4.78 is 36.9. The number of halogens is 1. The van der Waals surface area contributed by atoms with Gasteiger partial charge in [-0.05, 0) is 17.7 Å². The van der Waals surface area contributed by atoms with Crippen LogP contribution >= 0.6 is 11.8 Å². The van der Waals surface area contributed by atoms with E-state index < -0.39 is 9.84 Å². The molecule has 2 saturated heterocycles. The SMILES string of the molecule is CC(C)C(=O)N=C1S[C@@H]2CS(=O)(=O)C[C@@H]2N1Cc1ccc(F)cc1. The molecular weight excluding hydrogens is 351 g/mol. The van der Waals surface area contributed by atoms with Gasteiger partial charge in [-0.3, -0.25) is 4.79 Å². The van der Waals surface area contributed by atoms with E-state index in [0.717, 1.165) is 5.56 Å². The van der Waals surface area contributed by atoms with Gasteiger partial charge in [-0.2, -0.15) is 4.99 Å². The lowest BCUT2D eigenvalue weighted by Crippen LogP contribution is -2.37. The van der Waals surface area contributed by atoms with Crippen LogP contribution in [0, 0.1) is 11.7 Å². The number of fused-ring (bicyclic) bond motifs is 1. The molecule has 0 radical (unpaired) electrons. The van der Waals surface area contributed by atoms with E-state index in [2.05, 4.69) is 4.99 Å². The molecule has 0 aromatic heterocycles. The zero-order valence-corrected chi connectivity index (χ0v) is 15.1. The third-order valence-corrected chi connectivity index (χ3v) is 7.39. The highest BCUT2D eigenvalue weighted by Crippen LogP contribution is 2.39. The summed E-state index contributed by atoms with van der Waals surface area (Å²) in [6, 6.07) is 5.88. The van der Waals surface area contributed by atoms with Crippen molar-refractivity contribution in [3.05, 3.63) is 35.6 Å². The first kappa shape index (κ1) is 17.4. The Balaban J connectivity index is 1.89. The standard InChI is InChI=1S/C16H19FN2O3S2/c1-10(2)15(20)18-16-19(7-11-3-5-12(17)6-4-11)13-8-24(21,22)9-14(13)23-16/h3-6,10,13-14H,7-9H2,1-2H3/t13-,14+/m0/s1. The number of nitrogens with zero attached hydrogens (tertiary/aromatic N) is 2. The zero-order chi connectivity index (χ0) is 17.5. The molecule has 2 atom stereocenters. The van der Waals surface area contributed by atoms with Crippen molar-refractivity contribution in [2.24, 2.45) is 10.9 Å². The number of carbonyl (C=O) groups is 1. The molecule has 1 amide bonds. The van der Waals surface area contributed by atoms with Gasteiger partial charge in [0.05, 0.1) is 17.5 Å². The Kier molecular flexibility index (Phi) is 4.70. The van der Waals surface area contributed by atoms with Gasteiger partial charge >= 0.3 is 0 Å². The maximum atomic E-state index is 13.1. The number of hydrogen-bond acceptors (Lipinski definition) is 4. The lowest BCUT2D eigenvalue weighted by atomic mass is 10.1. The molecule has 1 aromatic rings. The molecule has 0 spiro atoms. The highest BCUT2D eigenvalue weighted by Gasteiger charge is 2.48. The van der Waals surface area contributed by atoms with Gasteiger partial charge in [0.15, 0.2) is 15.0 Å². The second kappa shape index (κ2) is 6.48. The maximum Gasteiger partial charge on any atom is 0.250 e. The molecule has 3 rings (SSSR count). The molecule has 2 fully saturated rings. The lowest BCUT2D eigenvalue weighted by molar-refractivity contribution is -0.120. The Morgan fingerprint density at radius 1 is 1.33 bits per heavy atom. The summed E-state index contributed by atoms with van der Waals surface area (Å²) in [5.74, 6) is -0.572. The summed E-state index contributed by atoms with van der Waals surface area (Å²) in [4.78, 5) is 18.1. The van der Waals surface area contributed by atoms with Crippen LogP contribution in [0.1, 0.15) is 19.4 Å². The predicted octanol–water partition coefficient (Wildman–Crippen LogP) is 2.08. The van der Waals surface area contributed by atoms with Gasteiger partial charge in [0.1, 0.15) is 5.82 Å². The summed E-state index contributed by atoms with van der Waals surface area (Å²) in [7, 11) is -3.07. The highest BCUT2D eigenvalue weighted by molar-refractivity contribution is 8.15. The van der Waals surface area contributed by atoms with Crippen LogP contribution in [0.25, 0.3) is 0 Å². The monoisotopic (exact) mass is 370 g/mol. The van der Waals surface area contributed by atoms with Crippen LogP contribution in [0.2, 0.25) is 0 Å². The third-order valence-electron chi connectivity index (χ3n) is 4.14. The molecule has 0 saturated carbocycles. The maximum absolute atomic E-state index is 13.1. The first-order valence-corrected chi connectivity index (χ1v) is 10.5. The van der Waals surface area contributed by atoms with E-state index in [-0.39, 0.29) is 40.4 Å². The van der Waals surface area contributed by atoms with Gasteiger partial charge in [0, 0.05) is 17.7 Å². The van der Waals surface area contributed by atoms with Crippen molar-refractivity contribution in [3.8, 4) is 0 Å². The van der Waals surface area contributed by atoms with Crippen LogP contribution in [0.15, 0.2) is 29.3 Å². The molecule has 8 heteroatoms. The molecule has 130 valence electrons. The molecule has 1 aromatic carbocycles. The molecule has 5 nitrogen and oxygen atoms in total. The highest BCUT2D eigenvalue weighted by atomic mass is 32.2. The molecule has 0 bridgehead atoms. The Morgan fingerprint density at radius 2 is 2.00 bits per heavy atom. The van der Waals surface area contributed by atoms with Gasteiger partial charge < -0.3 is 4.90 Å². The second-order valence-corrected chi connectivity index (χ2v) is 9.80. The number of hydrogen-bond donors (Lipinski definition) is 0. The first-order chi connectivity index (χ1) is 11.2. The van der Waals surface area contributed by atoms with Crippen molar-refractivity contribution in [1.82, 2.24) is 4.90 Å². The third kappa shape index (κ3) is 3.64. The largest absolute Gasteiger partial charge is 0.342 e. The molecule has 0 unspecified atom stereocenters. The summed E-state index contributed by atoms with van der Waals surface area (Å²) >= 11 is 1.36. The van der Waals surface area contributed by atoms with Gasteiger partial charge in [-0.25, -0.2) is 12.8 Å². The number of carbonyl (C=O) groups excluding carboxylic acids is 1. The topological polar surface area (TPSA) is 66.8 Å². The van der Waals surface area contributed by atoms with E-state index in [1.165, 1.54) is 23.9 Å². The Bertz CT molecular complexity index is 775. The van der Waals surface area contributed by atoms with Crippen LogP contribution in [-0.4, -0.2) is 47.2 Å². The number of amidine groups is 1. The molecule has 24 heavy (non-hydrogen) atoms. The van der Waals surface area contributed by atoms with E-state index in [1.54, 1.807) is 26.0 Å². The zero-order valence-electron chi connectivity index (χ0n) is 13.5. The average Bonchev–Trinajstić information content (AvgIpc) is 2.94. The van der Waals surface area contributed by atoms with Crippen molar-refractivity contribution in [2.75, 3.05) is 11.5 Å². The Hall–Kier alpha value is -1.41.